The van der Waals surface area contributed by atoms with Crippen molar-refractivity contribution in [3.63, 3.8) is 0 Å². The fourth-order valence-electron chi connectivity index (χ4n) is 2.43. The molecular formula is C16H14BrNO3. The van der Waals surface area contributed by atoms with Gasteiger partial charge in [-0.3, -0.25) is 0 Å². The molecule has 2 N–H and O–H groups in total. The fourth-order valence-corrected chi connectivity index (χ4v) is 2.79. The van der Waals surface area contributed by atoms with Crippen LogP contribution in [0, 0.1) is 0 Å². The van der Waals surface area contributed by atoms with Gasteiger partial charge in [0.15, 0.2) is 11.5 Å². The smallest absolute Gasteiger partial charge is 0.203 e. The highest BCUT2D eigenvalue weighted by Gasteiger charge is 2.15. The molecule has 0 saturated carbocycles. The van der Waals surface area contributed by atoms with E-state index in [0.717, 1.165) is 26.5 Å². The largest absolute Gasteiger partial charge is 0.504 e. The van der Waals surface area contributed by atoms with Crippen LogP contribution >= 0.6 is 15.9 Å². The molecule has 0 aliphatic heterocycles. The van der Waals surface area contributed by atoms with Crippen LogP contribution in [0.3, 0.4) is 0 Å². The molecular weight excluding hydrogens is 334 g/mol. The van der Waals surface area contributed by atoms with Gasteiger partial charge in [0.2, 0.25) is 5.75 Å². The molecule has 0 radical (unpaired) electrons. The third-order valence-electron chi connectivity index (χ3n) is 3.41. The highest BCUT2D eigenvalue weighted by molar-refractivity contribution is 9.10. The maximum absolute atomic E-state index is 10.1. The second-order valence-corrected chi connectivity index (χ2v) is 5.54. The Morgan fingerprint density at radius 2 is 1.90 bits per heavy atom. The quantitative estimate of drug-likeness (QED) is 0.741. The van der Waals surface area contributed by atoms with E-state index in [-0.39, 0.29) is 5.75 Å². The van der Waals surface area contributed by atoms with E-state index in [2.05, 4.69) is 20.9 Å². The molecule has 0 spiro atoms. The van der Waals surface area contributed by atoms with Gasteiger partial charge in [-0.1, -0.05) is 15.9 Å². The molecule has 3 aromatic rings. The number of rotatable bonds is 3. The van der Waals surface area contributed by atoms with Crippen molar-refractivity contribution < 1.29 is 14.6 Å². The molecule has 0 fully saturated rings. The predicted octanol–water partition coefficient (Wildman–Crippen LogP) is 4.32. The molecule has 5 heteroatoms. The van der Waals surface area contributed by atoms with Crippen molar-refractivity contribution in [2.45, 2.75) is 0 Å². The second kappa shape index (κ2) is 5.33. The minimum Gasteiger partial charge on any atom is -0.504 e. The highest BCUT2D eigenvalue weighted by atomic mass is 79.9. The number of halogens is 1. The van der Waals surface area contributed by atoms with Crippen molar-refractivity contribution in [3.05, 3.63) is 41.0 Å². The Balaban J connectivity index is 2.23. The summed E-state index contributed by atoms with van der Waals surface area (Å²) in [6.45, 7) is 0. The van der Waals surface area contributed by atoms with Crippen LogP contribution in [0.1, 0.15) is 0 Å². The number of aromatic hydroxyl groups is 1. The lowest BCUT2D eigenvalue weighted by Gasteiger charge is -2.11. The van der Waals surface area contributed by atoms with Gasteiger partial charge in [0.05, 0.1) is 14.2 Å². The first-order chi connectivity index (χ1) is 10.1. The van der Waals surface area contributed by atoms with Crippen molar-refractivity contribution in [3.8, 4) is 28.4 Å². The first-order valence-electron chi connectivity index (χ1n) is 6.36. The Morgan fingerprint density at radius 1 is 1.10 bits per heavy atom. The Labute approximate surface area is 130 Å². The molecule has 0 amide bonds. The number of methoxy groups -OCH3 is 2. The normalized spacial score (nSPS) is 10.8. The van der Waals surface area contributed by atoms with Crippen LogP contribution in [-0.2, 0) is 0 Å². The average molecular weight is 348 g/mol. The molecule has 4 nitrogen and oxygen atoms in total. The summed E-state index contributed by atoms with van der Waals surface area (Å²) < 4.78 is 11.4. The third kappa shape index (κ3) is 2.34. The van der Waals surface area contributed by atoms with Gasteiger partial charge in [-0.25, -0.2) is 0 Å². The number of nitrogens with one attached hydrogen (secondary N) is 1. The van der Waals surface area contributed by atoms with Gasteiger partial charge in [-0.2, -0.15) is 0 Å². The lowest BCUT2D eigenvalue weighted by atomic mass is 10.0. The first-order valence-corrected chi connectivity index (χ1v) is 7.15. The lowest BCUT2D eigenvalue weighted by Crippen LogP contribution is -1.91. The van der Waals surface area contributed by atoms with Crippen molar-refractivity contribution >= 4 is 26.8 Å². The predicted molar refractivity (Wildman–Crippen MR) is 86.2 cm³/mol. The SMILES string of the molecule is COc1cc(-c2c[nH]c3ccc(Br)cc23)cc(O)c1OC. The third-order valence-corrected chi connectivity index (χ3v) is 3.91. The van der Waals surface area contributed by atoms with Crippen molar-refractivity contribution in [1.82, 2.24) is 4.98 Å². The van der Waals surface area contributed by atoms with Crippen LogP contribution in [0.25, 0.3) is 22.0 Å². The molecule has 0 atom stereocenters. The molecule has 0 aliphatic carbocycles. The van der Waals surface area contributed by atoms with Crippen LogP contribution in [0.2, 0.25) is 0 Å². The van der Waals surface area contributed by atoms with E-state index in [0.29, 0.717) is 11.5 Å². The van der Waals surface area contributed by atoms with Crippen LogP contribution in [0.5, 0.6) is 17.2 Å². The molecule has 1 heterocycles. The van der Waals surface area contributed by atoms with E-state index >= 15 is 0 Å². The molecule has 0 unspecified atom stereocenters. The fraction of sp³-hybridized carbons (Fsp3) is 0.125. The Morgan fingerprint density at radius 3 is 2.62 bits per heavy atom. The second-order valence-electron chi connectivity index (χ2n) is 4.62. The number of phenols is 1. The van der Waals surface area contributed by atoms with Crippen molar-refractivity contribution in [1.29, 1.82) is 0 Å². The maximum atomic E-state index is 10.1. The number of aromatic amines is 1. The zero-order valence-electron chi connectivity index (χ0n) is 11.6. The lowest BCUT2D eigenvalue weighted by molar-refractivity contribution is 0.333. The summed E-state index contributed by atoms with van der Waals surface area (Å²) in [5.74, 6) is 0.885. The zero-order chi connectivity index (χ0) is 15.0. The van der Waals surface area contributed by atoms with E-state index in [1.54, 1.807) is 13.2 Å². The standard InChI is InChI=1S/C16H14BrNO3/c1-20-15-6-9(5-14(19)16(15)21-2)12-8-18-13-4-3-10(17)7-11(12)13/h3-8,18-19H,1-2H3. The Kier molecular flexibility index (Phi) is 3.51. The van der Waals surface area contributed by atoms with Crippen LogP contribution in [0.15, 0.2) is 41.0 Å². The number of benzene rings is 2. The van der Waals surface area contributed by atoms with Crippen molar-refractivity contribution in [2.24, 2.45) is 0 Å². The molecule has 108 valence electrons. The van der Waals surface area contributed by atoms with Gasteiger partial charge in [0.25, 0.3) is 0 Å². The summed E-state index contributed by atoms with van der Waals surface area (Å²) in [7, 11) is 3.05. The van der Waals surface area contributed by atoms with E-state index in [9.17, 15) is 5.11 Å². The van der Waals surface area contributed by atoms with Crippen LogP contribution in [0.4, 0.5) is 0 Å². The zero-order valence-corrected chi connectivity index (χ0v) is 13.2. The van der Waals surface area contributed by atoms with E-state index in [4.69, 9.17) is 9.47 Å². The molecule has 0 saturated heterocycles. The first kappa shape index (κ1) is 13.8. The highest BCUT2D eigenvalue weighted by Crippen LogP contribution is 2.42. The summed E-state index contributed by atoms with van der Waals surface area (Å²) in [5.41, 5.74) is 2.87. The molecule has 21 heavy (non-hydrogen) atoms. The molecule has 2 aromatic carbocycles. The summed E-state index contributed by atoms with van der Waals surface area (Å²) in [6.07, 6.45) is 1.91. The number of H-pyrrole nitrogens is 1. The van der Waals surface area contributed by atoms with Gasteiger partial charge in [0, 0.05) is 27.1 Å². The van der Waals surface area contributed by atoms with E-state index < -0.39 is 0 Å². The number of hydrogen-bond donors (Lipinski definition) is 2. The summed E-state index contributed by atoms with van der Waals surface area (Å²) >= 11 is 3.48. The molecule has 0 aliphatic rings. The number of aromatic nitrogens is 1. The summed E-state index contributed by atoms with van der Waals surface area (Å²) in [4.78, 5) is 3.22. The van der Waals surface area contributed by atoms with Crippen LogP contribution in [-0.4, -0.2) is 24.3 Å². The monoisotopic (exact) mass is 347 g/mol. The van der Waals surface area contributed by atoms with Gasteiger partial charge in [-0.15, -0.1) is 0 Å². The average Bonchev–Trinajstić information content (AvgIpc) is 2.89. The van der Waals surface area contributed by atoms with Gasteiger partial charge in [-0.05, 0) is 35.9 Å². The van der Waals surface area contributed by atoms with Gasteiger partial charge >= 0.3 is 0 Å². The number of fused-ring (bicyclic) bond motifs is 1. The van der Waals surface area contributed by atoms with Gasteiger partial charge < -0.3 is 19.6 Å². The minimum absolute atomic E-state index is 0.0520. The topological polar surface area (TPSA) is 54.5 Å². The Bertz CT molecular complexity index is 811. The van der Waals surface area contributed by atoms with Gasteiger partial charge in [0.1, 0.15) is 0 Å². The number of ether oxygens (including phenoxy) is 2. The van der Waals surface area contributed by atoms with E-state index in [1.807, 2.05) is 30.5 Å². The Hall–Kier alpha value is -2.14. The minimum atomic E-state index is 0.0520. The molecule has 3 rings (SSSR count). The number of phenolic OH excluding ortho intramolecular Hbond substituents is 1. The summed E-state index contributed by atoms with van der Waals surface area (Å²) in [5, 5.41) is 11.2. The maximum Gasteiger partial charge on any atom is 0.203 e. The van der Waals surface area contributed by atoms with Crippen LogP contribution < -0.4 is 9.47 Å². The number of hydrogen-bond acceptors (Lipinski definition) is 3. The summed E-state index contributed by atoms with van der Waals surface area (Å²) in [6, 6.07) is 9.54. The molecule has 0 bridgehead atoms. The van der Waals surface area contributed by atoms with Crippen molar-refractivity contribution in [2.75, 3.05) is 14.2 Å². The molecule has 1 aromatic heterocycles. The van der Waals surface area contributed by atoms with E-state index in [1.165, 1.54) is 7.11 Å².